The molecule has 2 unspecified atom stereocenters. The molecule has 5 heterocycles. The highest BCUT2D eigenvalue weighted by molar-refractivity contribution is 7.52. The van der Waals surface area contributed by atoms with Crippen LogP contribution in [0.1, 0.15) is 106 Å². The molecule has 74 heavy (non-hydrogen) atoms. The summed E-state index contributed by atoms with van der Waals surface area (Å²) in [5, 5.41) is 7.60. The lowest BCUT2D eigenvalue weighted by atomic mass is 9.85. The standard InChI is InChI=1S/C51H52F2N7O12PS/c1-50(2,3)43(56-45(65)39-25-32-24-33(14-17-38(32)74-39)51(52,53)73(70,71)72)49(69)59-22-21-57(28-37(59)48(68)58-20-8-12-31(27-58)30-10-5-4-6-11-30)42(63)26-41(62)54-19-7-9-29-13-15-34-35(23-29)47(67)60(46(34)66)36-16-18-40(61)55-44(36)64/h4-6,10-11,13-15,17,23-25,31,36-37,43H,8,12,16,18-22,26-28H2,1-3H3,(H,54,62)(H,56,65)(H,55,61,64)(H2,70,71,72)/t31-,36?,37-,43?/m0/s1. The molecule has 19 nitrogen and oxygen atoms in total. The van der Waals surface area contributed by atoms with Gasteiger partial charge in [-0.2, -0.15) is 8.78 Å². The topological polar surface area (TPSA) is 260 Å². The fourth-order valence-electron chi connectivity index (χ4n) is 9.55. The van der Waals surface area contributed by atoms with Gasteiger partial charge < -0.3 is 35.1 Å². The van der Waals surface area contributed by atoms with Gasteiger partial charge in [-0.1, -0.05) is 69.0 Å². The fourth-order valence-corrected chi connectivity index (χ4v) is 11.0. The number of nitrogens with zero attached hydrogens (tertiary/aromatic N) is 4. The Kier molecular flexibility index (Phi) is 15.1. The second kappa shape index (κ2) is 21.0. The van der Waals surface area contributed by atoms with Crippen LogP contribution >= 0.6 is 18.9 Å². The van der Waals surface area contributed by atoms with Gasteiger partial charge in [-0.3, -0.25) is 57.9 Å². The van der Waals surface area contributed by atoms with Crippen molar-refractivity contribution in [3.63, 3.8) is 0 Å². The number of imide groups is 2. The Morgan fingerprint density at radius 1 is 0.878 bits per heavy atom. The van der Waals surface area contributed by atoms with Gasteiger partial charge in [0.25, 0.3) is 17.7 Å². The van der Waals surface area contributed by atoms with Gasteiger partial charge in [0.05, 0.1) is 29.1 Å². The van der Waals surface area contributed by atoms with E-state index in [1.807, 2.05) is 30.3 Å². The summed E-state index contributed by atoms with van der Waals surface area (Å²) in [5.41, 5.74) is -4.92. The van der Waals surface area contributed by atoms with E-state index < -0.39 is 102 Å². The Bertz CT molecular complexity index is 3110. The average Bonchev–Trinajstić information content (AvgIpc) is 3.90. The van der Waals surface area contributed by atoms with Crippen molar-refractivity contribution in [3.8, 4) is 11.8 Å². The molecule has 3 saturated heterocycles. The first-order valence-corrected chi connectivity index (χ1v) is 26.2. The Morgan fingerprint density at radius 2 is 1.61 bits per heavy atom. The molecule has 0 saturated carbocycles. The molecule has 8 rings (SSSR count). The lowest BCUT2D eigenvalue weighted by Crippen LogP contribution is -2.66. The minimum absolute atomic E-state index is 0.000873. The van der Waals surface area contributed by atoms with Crippen LogP contribution in [0.2, 0.25) is 0 Å². The van der Waals surface area contributed by atoms with E-state index >= 15 is 0 Å². The molecule has 3 fully saturated rings. The first-order valence-electron chi connectivity index (χ1n) is 23.7. The van der Waals surface area contributed by atoms with Gasteiger partial charge in [0, 0.05) is 54.3 Å². The minimum atomic E-state index is -5.87. The van der Waals surface area contributed by atoms with E-state index in [4.69, 9.17) is 0 Å². The smallest absolute Gasteiger partial charge is 0.345 e. The Morgan fingerprint density at radius 3 is 2.31 bits per heavy atom. The summed E-state index contributed by atoms with van der Waals surface area (Å²) >= 11 is 0.915. The number of thiophene rings is 1. The van der Waals surface area contributed by atoms with Gasteiger partial charge in [0.2, 0.25) is 35.4 Å². The largest absolute Gasteiger partial charge is 0.399 e. The quantitative estimate of drug-likeness (QED) is 0.0624. The van der Waals surface area contributed by atoms with Crippen molar-refractivity contribution < 1.29 is 66.3 Å². The zero-order valence-electron chi connectivity index (χ0n) is 40.4. The summed E-state index contributed by atoms with van der Waals surface area (Å²) in [5.74, 6) is -0.170. The van der Waals surface area contributed by atoms with Gasteiger partial charge in [-0.25, -0.2) is 0 Å². The number of fused-ring (bicyclic) bond motifs is 2. The number of piperidine rings is 2. The summed E-state index contributed by atoms with van der Waals surface area (Å²) in [6, 6.07) is 14.6. The lowest BCUT2D eigenvalue weighted by molar-refractivity contribution is -0.155. The molecule has 0 radical (unpaired) electrons. The van der Waals surface area contributed by atoms with Crippen molar-refractivity contribution in [2.45, 2.75) is 82.6 Å². The third kappa shape index (κ3) is 11.0. The first kappa shape index (κ1) is 53.1. The maximum Gasteiger partial charge on any atom is 0.399 e. The summed E-state index contributed by atoms with van der Waals surface area (Å²) in [4.78, 5) is 145. The molecule has 23 heteroatoms. The summed E-state index contributed by atoms with van der Waals surface area (Å²) < 4.78 is 41.1. The molecule has 1 aromatic heterocycles. The number of hydrogen-bond donors (Lipinski definition) is 5. The van der Waals surface area contributed by atoms with Crippen molar-refractivity contribution in [3.05, 3.63) is 105 Å². The van der Waals surface area contributed by atoms with Crippen LogP contribution in [0.3, 0.4) is 0 Å². The molecule has 9 amide bonds. The number of carbonyl (C=O) groups excluding carboxylic acids is 9. The molecule has 0 bridgehead atoms. The van der Waals surface area contributed by atoms with Crippen LogP contribution in [0.25, 0.3) is 10.1 Å². The van der Waals surface area contributed by atoms with Crippen molar-refractivity contribution in [2.24, 2.45) is 5.41 Å². The average molecular weight is 1060 g/mol. The Balaban J connectivity index is 0.950. The van der Waals surface area contributed by atoms with Gasteiger partial charge >= 0.3 is 13.3 Å². The number of amides is 9. The minimum Gasteiger partial charge on any atom is -0.345 e. The zero-order valence-corrected chi connectivity index (χ0v) is 42.1. The Hall–Kier alpha value is -7.18. The van der Waals surface area contributed by atoms with Gasteiger partial charge in [0.1, 0.15) is 24.5 Å². The highest BCUT2D eigenvalue weighted by Crippen LogP contribution is 2.59. The number of piperazine rings is 1. The maximum absolute atomic E-state index is 14.9. The van der Waals surface area contributed by atoms with E-state index in [0.717, 1.165) is 40.4 Å². The van der Waals surface area contributed by atoms with E-state index in [0.29, 0.717) is 29.8 Å². The number of likely N-dealkylation sites (tertiary alicyclic amines) is 1. The second-order valence-electron chi connectivity index (χ2n) is 19.6. The van der Waals surface area contributed by atoms with Crippen molar-refractivity contribution in [1.82, 2.24) is 35.6 Å². The van der Waals surface area contributed by atoms with Crippen LogP contribution in [0.4, 0.5) is 8.78 Å². The van der Waals surface area contributed by atoms with E-state index in [1.165, 1.54) is 40.1 Å². The predicted octanol–water partition coefficient (Wildman–Crippen LogP) is 3.68. The molecule has 3 aromatic carbocycles. The predicted molar refractivity (Wildman–Crippen MR) is 263 cm³/mol. The van der Waals surface area contributed by atoms with Gasteiger partial charge in [-0.15, -0.1) is 11.3 Å². The van der Waals surface area contributed by atoms with Crippen LogP contribution in [-0.4, -0.2) is 140 Å². The number of rotatable bonds is 11. The van der Waals surface area contributed by atoms with Crippen LogP contribution in [-0.2, 0) is 39.0 Å². The third-order valence-corrected chi connectivity index (χ3v) is 15.6. The van der Waals surface area contributed by atoms with Crippen LogP contribution in [0.5, 0.6) is 0 Å². The SMILES string of the molecule is CC(C)(C)C(NC(=O)c1cc2cc(C(F)(F)P(=O)(O)O)ccc2s1)C(=O)N1CCN(C(=O)CC(=O)NCC#Cc2ccc3c(c2)C(=O)N(C2CCC(=O)NC2=O)C3=O)C[C@H]1C(=O)N1CCC[C@H](c2ccccc2)C1. The normalized spacial score (nSPS) is 19.9. The number of halogens is 2. The van der Waals surface area contributed by atoms with Crippen LogP contribution < -0.4 is 16.0 Å². The Labute approximate surface area is 427 Å². The molecule has 4 aliphatic heterocycles. The summed E-state index contributed by atoms with van der Waals surface area (Å²) in [6.45, 7) is 5.14. The van der Waals surface area contributed by atoms with Gasteiger partial charge in [-0.05, 0) is 72.0 Å². The van der Waals surface area contributed by atoms with Gasteiger partial charge in [0.15, 0.2) is 0 Å². The third-order valence-electron chi connectivity index (χ3n) is 13.5. The van der Waals surface area contributed by atoms with Crippen LogP contribution in [0, 0.1) is 17.3 Å². The molecule has 5 N–H and O–H groups in total. The highest BCUT2D eigenvalue weighted by atomic mass is 32.1. The number of nitrogens with one attached hydrogen (secondary N) is 3. The highest BCUT2D eigenvalue weighted by Gasteiger charge is 2.51. The maximum atomic E-state index is 14.9. The molecule has 4 aromatic rings. The number of hydrogen-bond acceptors (Lipinski definition) is 11. The summed E-state index contributed by atoms with van der Waals surface area (Å²) in [6.07, 6.45) is 0.821. The van der Waals surface area contributed by atoms with E-state index in [-0.39, 0.29) is 66.3 Å². The molecule has 0 spiro atoms. The van der Waals surface area contributed by atoms with Crippen LogP contribution in [0.15, 0.2) is 72.8 Å². The molecule has 4 aliphatic rings. The number of carbonyl (C=O) groups is 9. The molecular weight excluding hydrogens is 1000 g/mol. The van der Waals surface area contributed by atoms with E-state index in [1.54, 1.807) is 25.7 Å². The molecule has 4 atom stereocenters. The van der Waals surface area contributed by atoms with Crippen molar-refractivity contribution in [1.29, 1.82) is 0 Å². The lowest BCUT2D eigenvalue weighted by Gasteiger charge is -2.45. The molecule has 0 aliphatic carbocycles. The van der Waals surface area contributed by atoms with E-state index in [9.17, 15) is 66.3 Å². The molecule has 388 valence electrons. The fraction of sp³-hybridized carbons (Fsp3) is 0.392. The zero-order chi connectivity index (χ0) is 53.4. The van der Waals surface area contributed by atoms with Crippen molar-refractivity contribution >= 4 is 82.2 Å². The first-order chi connectivity index (χ1) is 34.9. The molecular formula is C51H52F2N7O12PS. The summed E-state index contributed by atoms with van der Waals surface area (Å²) in [7, 11) is -5.87. The van der Waals surface area contributed by atoms with E-state index in [2.05, 4.69) is 27.8 Å². The number of alkyl halides is 2. The number of benzene rings is 3. The van der Waals surface area contributed by atoms with Crippen molar-refractivity contribution in [2.75, 3.05) is 39.3 Å². The monoisotopic (exact) mass is 1060 g/mol. The second-order valence-corrected chi connectivity index (χ2v) is 22.3.